The Kier molecular flexibility index (Phi) is 2.55. The van der Waals surface area contributed by atoms with E-state index in [1.807, 2.05) is 0 Å². The molecule has 2 heterocycles. The van der Waals surface area contributed by atoms with Crippen LogP contribution in [0.5, 0.6) is 0 Å². The molecule has 15 heavy (non-hydrogen) atoms. The largest absolute Gasteiger partial charge is 0.430 e. The lowest BCUT2D eigenvalue weighted by molar-refractivity contribution is 0.0678. The Labute approximate surface area is 86.7 Å². The van der Waals surface area contributed by atoms with Crippen molar-refractivity contribution in [2.75, 3.05) is 20.1 Å². The number of nitrogens with zero attached hydrogens (tertiary/aromatic N) is 1. The van der Waals surface area contributed by atoms with Gasteiger partial charge < -0.3 is 14.6 Å². The fraction of sp³-hybridized carbons (Fsp3) is 0.400. The average Bonchev–Trinajstić information content (AvgIpc) is 2.15. The van der Waals surface area contributed by atoms with Crippen LogP contribution in [-0.4, -0.2) is 37.0 Å². The molecule has 1 N–H and O–H groups in total. The van der Waals surface area contributed by atoms with E-state index in [2.05, 4.69) is 9.73 Å². The Morgan fingerprint density at radius 2 is 2.27 bits per heavy atom. The molecule has 5 heteroatoms. The summed E-state index contributed by atoms with van der Waals surface area (Å²) in [6.07, 6.45) is 1.20. The van der Waals surface area contributed by atoms with Crippen LogP contribution in [0.1, 0.15) is 10.4 Å². The molecule has 5 nitrogen and oxygen atoms in total. The van der Waals surface area contributed by atoms with Crippen molar-refractivity contribution in [1.82, 2.24) is 10.2 Å². The van der Waals surface area contributed by atoms with Crippen LogP contribution < -0.4 is 10.9 Å². The summed E-state index contributed by atoms with van der Waals surface area (Å²) in [5.74, 6) is -0.120. The molecule has 1 aliphatic rings. The van der Waals surface area contributed by atoms with E-state index >= 15 is 0 Å². The third-order valence-corrected chi connectivity index (χ3v) is 2.58. The van der Waals surface area contributed by atoms with E-state index in [1.165, 1.54) is 18.4 Å². The van der Waals surface area contributed by atoms with E-state index in [-0.39, 0.29) is 11.9 Å². The maximum Gasteiger partial charge on any atom is 0.335 e. The number of amides is 1. The molecule has 1 fully saturated rings. The summed E-state index contributed by atoms with van der Waals surface area (Å²) in [6.45, 7) is 1.64. The Bertz CT molecular complexity index is 402. The molecule has 0 aromatic carbocycles. The van der Waals surface area contributed by atoms with Crippen LogP contribution >= 0.6 is 0 Å². The molecule has 1 aromatic heterocycles. The first kappa shape index (κ1) is 9.92. The monoisotopic (exact) mass is 208 g/mol. The number of carbonyl (C=O) groups excluding carboxylic acids is 1. The Balaban J connectivity index is 2.12. The van der Waals surface area contributed by atoms with Gasteiger partial charge in [0.2, 0.25) is 0 Å². The minimum atomic E-state index is -0.445. The summed E-state index contributed by atoms with van der Waals surface area (Å²) in [5.41, 5.74) is -0.0384. The fourth-order valence-electron chi connectivity index (χ4n) is 1.40. The van der Waals surface area contributed by atoms with Gasteiger partial charge in [-0.05, 0) is 6.07 Å². The van der Waals surface area contributed by atoms with Crippen molar-refractivity contribution < 1.29 is 9.21 Å². The third-order valence-electron chi connectivity index (χ3n) is 2.58. The highest BCUT2D eigenvalue weighted by Crippen LogP contribution is 2.07. The second-order valence-corrected chi connectivity index (χ2v) is 3.57. The van der Waals surface area contributed by atoms with E-state index < -0.39 is 5.63 Å². The SMILES string of the molecule is CN(C(=O)c1ccc(=O)oc1)C1CNC1. The normalized spacial score (nSPS) is 15.8. The Hall–Kier alpha value is -1.62. The van der Waals surface area contributed by atoms with Crippen LogP contribution in [0.4, 0.5) is 0 Å². The summed E-state index contributed by atoms with van der Waals surface area (Å²) in [4.78, 5) is 24.2. The summed E-state index contributed by atoms with van der Waals surface area (Å²) in [6, 6.07) is 2.97. The summed E-state index contributed by atoms with van der Waals surface area (Å²) in [5, 5.41) is 3.09. The molecule has 0 spiro atoms. The van der Waals surface area contributed by atoms with Gasteiger partial charge in [-0.2, -0.15) is 0 Å². The lowest BCUT2D eigenvalue weighted by Gasteiger charge is -2.35. The number of hydrogen-bond donors (Lipinski definition) is 1. The first-order valence-corrected chi connectivity index (χ1v) is 4.75. The number of hydrogen-bond acceptors (Lipinski definition) is 4. The minimum absolute atomic E-state index is 0.120. The fourth-order valence-corrected chi connectivity index (χ4v) is 1.40. The van der Waals surface area contributed by atoms with Crippen LogP contribution in [0.25, 0.3) is 0 Å². The predicted molar refractivity (Wildman–Crippen MR) is 53.7 cm³/mol. The van der Waals surface area contributed by atoms with Crippen LogP contribution in [0.15, 0.2) is 27.6 Å². The van der Waals surface area contributed by atoms with Crippen molar-refractivity contribution in [3.05, 3.63) is 34.4 Å². The molecule has 1 aliphatic heterocycles. The number of likely N-dealkylation sites (N-methyl/N-ethyl adjacent to an activating group) is 1. The van der Waals surface area contributed by atoms with Crippen molar-refractivity contribution in [2.45, 2.75) is 6.04 Å². The van der Waals surface area contributed by atoms with E-state index in [4.69, 9.17) is 0 Å². The quantitative estimate of drug-likeness (QED) is 0.723. The number of nitrogens with one attached hydrogen (secondary N) is 1. The highest BCUT2D eigenvalue weighted by Gasteiger charge is 2.26. The zero-order chi connectivity index (χ0) is 10.8. The van der Waals surface area contributed by atoms with Gasteiger partial charge in [0, 0.05) is 26.2 Å². The molecule has 0 atom stereocenters. The smallest absolute Gasteiger partial charge is 0.335 e. The van der Waals surface area contributed by atoms with Gasteiger partial charge in [0.1, 0.15) is 6.26 Å². The lowest BCUT2D eigenvalue weighted by atomic mass is 10.1. The molecule has 1 amide bonds. The predicted octanol–water partition coefficient (Wildman–Crippen LogP) is -0.316. The van der Waals surface area contributed by atoms with Gasteiger partial charge in [0.05, 0.1) is 11.6 Å². The summed E-state index contributed by atoms with van der Waals surface area (Å²) < 4.78 is 4.64. The molecular weight excluding hydrogens is 196 g/mol. The third kappa shape index (κ3) is 1.92. The zero-order valence-corrected chi connectivity index (χ0v) is 8.40. The van der Waals surface area contributed by atoms with Crippen molar-refractivity contribution in [1.29, 1.82) is 0 Å². The van der Waals surface area contributed by atoms with Gasteiger partial charge in [-0.1, -0.05) is 0 Å². The van der Waals surface area contributed by atoms with Crippen LogP contribution in [0.3, 0.4) is 0 Å². The second-order valence-electron chi connectivity index (χ2n) is 3.57. The van der Waals surface area contributed by atoms with Gasteiger partial charge in [-0.25, -0.2) is 4.79 Å². The van der Waals surface area contributed by atoms with Gasteiger partial charge in [-0.15, -0.1) is 0 Å². The molecule has 0 unspecified atom stereocenters. The summed E-state index contributed by atoms with van der Waals surface area (Å²) >= 11 is 0. The molecule has 0 aliphatic carbocycles. The molecule has 0 radical (unpaired) electrons. The highest BCUT2D eigenvalue weighted by atomic mass is 16.4. The highest BCUT2D eigenvalue weighted by molar-refractivity contribution is 5.93. The molecule has 1 aromatic rings. The van der Waals surface area contributed by atoms with Gasteiger partial charge in [0.25, 0.3) is 5.91 Å². The van der Waals surface area contributed by atoms with E-state index in [0.29, 0.717) is 5.56 Å². The van der Waals surface area contributed by atoms with Gasteiger partial charge >= 0.3 is 5.63 Å². The van der Waals surface area contributed by atoms with Crippen molar-refractivity contribution in [3.8, 4) is 0 Å². The van der Waals surface area contributed by atoms with E-state index in [1.54, 1.807) is 11.9 Å². The van der Waals surface area contributed by atoms with Gasteiger partial charge in [-0.3, -0.25) is 4.79 Å². The van der Waals surface area contributed by atoms with Crippen molar-refractivity contribution in [3.63, 3.8) is 0 Å². The van der Waals surface area contributed by atoms with E-state index in [0.717, 1.165) is 13.1 Å². The molecular formula is C10H12N2O3. The maximum atomic E-state index is 11.8. The molecule has 80 valence electrons. The molecule has 2 rings (SSSR count). The van der Waals surface area contributed by atoms with Gasteiger partial charge in [0.15, 0.2) is 0 Å². The Morgan fingerprint density at radius 1 is 1.53 bits per heavy atom. The molecule has 1 saturated heterocycles. The average molecular weight is 208 g/mol. The van der Waals surface area contributed by atoms with Crippen LogP contribution in [0, 0.1) is 0 Å². The lowest BCUT2D eigenvalue weighted by Crippen LogP contribution is -2.57. The molecule has 0 saturated carbocycles. The van der Waals surface area contributed by atoms with Crippen LogP contribution in [-0.2, 0) is 0 Å². The first-order valence-electron chi connectivity index (χ1n) is 4.75. The zero-order valence-electron chi connectivity index (χ0n) is 8.40. The first-order chi connectivity index (χ1) is 7.18. The van der Waals surface area contributed by atoms with Crippen molar-refractivity contribution >= 4 is 5.91 Å². The van der Waals surface area contributed by atoms with Crippen molar-refractivity contribution in [2.24, 2.45) is 0 Å². The molecule has 0 bridgehead atoms. The number of carbonyl (C=O) groups is 1. The summed E-state index contributed by atoms with van der Waals surface area (Å²) in [7, 11) is 1.75. The van der Waals surface area contributed by atoms with Crippen LogP contribution in [0.2, 0.25) is 0 Å². The maximum absolute atomic E-state index is 11.8. The topological polar surface area (TPSA) is 62.6 Å². The second kappa shape index (κ2) is 3.86. The minimum Gasteiger partial charge on any atom is -0.430 e. The standard InChI is InChI=1S/C10H12N2O3/c1-12(8-4-11-5-8)10(14)7-2-3-9(13)15-6-7/h2-3,6,8,11H,4-5H2,1H3. The Morgan fingerprint density at radius 3 is 2.73 bits per heavy atom. The van der Waals surface area contributed by atoms with E-state index in [9.17, 15) is 9.59 Å². The number of rotatable bonds is 2.